The van der Waals surface area contributed by atoms with Gasteiger partial charge in [-0.25, -0.2) is 4.39 Å². The number of hydrogen-bond donors (Lipinski definition) is 0. The standard InChI is InChI=1S/C8H14ClFO/c1-4-6-5(2)8(3,10)7(9)11-6/h5-7H,4H2,1-3H3/t5-,6-,7?,8-/m1/s1. The molecule has 3 heteroatoms. The Morgan fingerprint density at radius 1 is 1.64 bits per heavy atom. The molecule has 1 heterocycles. The van der Waals surface area contributed by atoms with Crippen molar-refractivity contribution in [3.63, 3.8) is 0 Å². The maximum atomic E-state index is 13.6. The highest BCUT2D eigenvalue weighted by Crippen LogP contribution is 2.41. The summed E-state index contributed by atoms with van der Waals surface area (Å²) >= 11 is 5.67. The summed E-state index contributed by atoms with van der Waals surface area (Å²) in [4.78, 5) is 0. The highest BCUT2D eigenvalue weighted by atomic mass is 35.5. The van der Waals surface area contributed by atoms with Gasteiger partial charge in [-0.15, -0.1) is 0 Å². The smallest absolute Gasteiger partial charge is 0.165 e. The first-order valence-corrected chi connectivity index (χ1v) is 4.42. The van der Waals surface area contributed by atoms with E-state index in [9.17, 15) is 4.39 Å². The fourth-order valence-corrected chi connectivity index (χ4v) is 1.76. The Kier molecular flexibility index (Phi) is 2.45. The quantitative estimate of drug-likeness (QED) is 0.564. The fourth-order valence-electron chi connectivity index (χ4n) is 1.42. The van der Waals surface area contributed by atoms with Crippen molar-refractivity contribution >= 4 is 11.6 Å². The number of rotatable bonds is 1. The van der Waals surface area contributed by atoms with Crippen LogP contribution in [0.4, 0.5) is 4.39 Å². The molecule has 0 N–H and O–H groups in total. The Hall–Kier alpha value is 0.180. The topological polar surface area (TPSA) is 9.23 Å². The summed E-state index contributed by atoms with van der Waals surface area (Å²) in [5.74, 6) is -0.102. The number of ether oxygens (including phenoxy) is 1. The van der Waals surface area contributed by atoms with Crippen LogP contribution < -0.4 is 0 Å². The predicted molar refractivity (Wildman–Crippen MR) is 43.5 cm³/mol. The maximum absolute atomic E-state index is 13.6. The van der Waals surface area contributed by atoms with Crippen LogP contribution in [0.1, 0.15) is 27.2 Å². The minimum Gasteiger partial charge on any atom is -0.355 e. The Bertz CT molecular complexity index is 149. The third kappa shape index (κ3) is 1.38. The number of alkyl halides is 2. The van der Waals surface area contributed by atoms with E-state index in [1.54, 1.807) is 0 Å². The molecule has 0 aromatic heterocycles. The van der Waals surface area contributed by atoms with Gasteiger partial charge in [-0.05, 0) is 13.3 Å². The summed E-state index contributed by atoms with van der Waals surface area (Å²) in [6.07, 6.45) is 0.802. The van der Waals surface area contributed by atoms with Crippen molar-refractivity contribution in [1.29, 1.82) is 0 Å². The zero-order valence-corrected chi connectivity index (χ0v) is 7.86. The van der Waals surface area contributed by atoms with Crippen molar-refractivity contribution < 1.29 is 9.13 Å². The summed E-state index contributed by atoms with van der Waals surface area (Å²) in [6.45, 7) is 5.33. The Morgan fingerprint density at radius 3 is 2.36 bits per heavy atom. The molecule has 0 aromatic rings. The third-order valence-electron chi connectivity index (χ3n) is 2.59. The van der Waals surface area contributed by atoms with E-state index >= 15 is 0 Å². The maximum Gasteiger partial charge on any atom is 0.165 e. The van der Waals surface area contributed by atoms with Crippen LogP contribution >= 0.6 is 11.6 Å². The first-order valence-electron chi connectivity index (χ1n) is 3.98. The average molecular weight is 181 g/mol. The van der Waals surface area contributed by atoms with Crippen molar-refractivity contribution in [2.45, 2.75) is 44.5 Å². The first-order chi connectivity index (χ1) is 5.00. The van der Waals surface area contributed by atoms with Crippen LogP contribution in [0.5, 0.6) is 0 Å². The van der Waals surface area contributed by atoms with E-state index < -0.39 is 11.2 Å². The van der Waals surface area contributed by atoms with E-state index in [-0.39, 0.29) is 12.0 Å². The molecule has 11 heavy (non-hydrogen) atoms. The van der Waals surface area contributed by atoms with Crippen LogP contribution in [0.2, 0.25) is 0 Å². The molecule has 1 aliphatic rings. The lowest BCUT2D eigenvalue weighted by Crippen LogP contribution is -2.32. The summed E-state index contributed by atoms with van der Waals surface area (Å²) in [5, 5.41) is 0. The van der Waals surface area contributed by atoms with Crippen molar-refractivity contribution in [1.82, 2.24) is 0 Å². The summed E-state index contributed by atoms with van der Waals surface area (Å²) in [6, 6.07) is 0. The van der Waals surface area contributed by atoms with Gasteiger partial charge < -0.3 is 4.74 Å². The molecule has 1 unspecified atom stereocenters. The minimum absolute atomic E-state index is 0.0208. The van der Waals surface area contributed by atoms with Crippen molar-refractivity contribution in [2.75, 3.05) is 0 Å². The van der Waals surface area contributed by atoms with E-state index in [0.717, 1.165) is 6.42 Å². The van der Waals surface area contributed by atoms with E-state index in [0.29, 0.717) is 0 Å². The number of hydrogen-bond acceptors (Lipinski definition) is 1. The summed E-state index contributed by atoms with van der Waals surface area (Å²) in [5.41, 5.74) is -2.15. The molecular formula is C8H14ClFO. The second-order valence-corrected chi connectivity index (χ2v) is 3.74. The van der Waals surface area contributed by atoms with Crippen molar-refractivity contribution in [2.24, 2.45) is 5.92 Å². The monoisotopic (exact) mass is 180 g/mol. The molecule has 1 rings (SSSR count). The normalized spacial score (nSPS) is 51.5. The van der Waals surface area contributed by atoms with Crippen LogP contribution in [0.3, 0.4) is 0 Å². The van der Waals surface area contributed by atoms with Crippen LogP contribution in [0.25, 0.3) is 0 Å². The molecule has 1 saturated heterocycles. The third-order valence-corrected chi connectivity index (χ3v) is 3.12. The first kappa shape index (κ1) is 9.27. The van der Waals surface area contributed by atoms with Gasteiger partial charge in [0.25, 0.3) is 0 Å². The number of halogens is 2. The SMILES string of the molecule is CC[C@H]1OC(Cl)[C@](C)(F)[C@@H]1C. The van der Waals surface area contributed by atoms with Gasteiger partial charge in [0.2, 0.25) is 0 Å². The Balaban J connectivity index is 2.71. The van der Waals surface area contributed by atoms with Gasteiger partial charge in [0.05, 0.1) is 6.10 Å². The largest absolute Gasteiger partial charge is 0.355 e. The fraction of sp³-hybridized carbons (Fsp3) is 1.00. The molecule has 0 spiro atoms. The second kappa shape index (κ2) is 2.91. The van der Waals surface area contributed by atoms with Gasteiger partial charge in [-0.1, -0.05) is 25.4 Å². The Morgan fingerprint density at radius 2 is 2.18 bits per heavy atom. The highest BCUT2D eigenvalue weighted by Gasteiger charge is 2.50. The molecule has 0 radical (unpaired) electrons. The van der Waals surface area contributed by atoms with Gasteiger partial charge >= 0.3 is 0 Å². The van der Waals surface area contributed by atoms with E-state index in [2.05, 4.69) is 0 Å². The molecule has 1 fully saturated rings. The minimum atomic E-state index is -1.37. The molecule has 1 nitrogen and oxygen atoms in total. The molecule has 0 aromatic carbocycles. The lowest BCUT2D eigenvalue weighted by molar-refractivity contribution is 0.0547. The van der Waals surface area contributed by atoms with Crippen LogP contribution in [-0.2, 0) is 4.74 Å². The van der Waals surface area contributed by atoms with Crippen molar-refractivity contribution in [3.8, 4) is 0 Å². The van der Waals surface area contributed by atoms with Gasteiger partial charge in [0, 0.05) is 5.92 Å². The van der Waals surface area contributed by atoms with Gasteiger partial charge in [0.1, 0.15) is 0 Å². The molecule has 0 bridgehead atoms. The molecular weight excluding hydrogens is 167 g/mol. The second-order valence-electron chi connectivity index (χ2n) is 3.34. The van der Waals surface area contributed by atoms with Crippen LogP contribution in [0, 0.1) is 5.92 Å². The summed E-state index contributed by atoms with van der Waals surface area (Å²) in [7, 11) is 0. The van der Waals surface area contributed by atoms with Crippen molar-refractivity contribution in [3.05, 3.63) is 0 Å². The van der Waals surface area contributed by atoms with Gasteiger partial charge in [-0.3, -0.25) is 0 Å². The van der Waals surface area contributed by atoms with Gasteiger partial charge in [-0.2, -0.15) is 0 Å². The molecule has 1 aliphatic heterocycles. The zero-order chi connectivity index (χ0) is 8.65. The molecule has 4 atom stereocenters. The van der Waals surface area contributed by atoms with Crippen LogP contribution in [0.15, 0.2) is 0 Å². The lowest BCUT2D eigenvalue weighted by Gasteiger charge is -2.20. The Labute approximate surface area is 71.9 Å². The summed E-state index contributed by atoms with van der Waals surface area (Å²) < 4.78 is 18.8. The van der Waals surface area contributed by atoms with E-state index in [4.69, 9.17) is 16.3 Å². The van der Waals surface area contributed by atoms with Crippen LogP contribution in [-0.4, -0.2) is 17.3 Å². The molecule has 0 amide bonds. The molecule has 0 saturated carbocycles. The van der Waals surface area contributed by atoms with E-state index in [1.807, 2.05) is 13.8 Å². The molecule has 0 aliphatic carbocycles. The lowest BCUT2D eigenvalue weighted by atomic mass is 9.90. The zero-order valence-electron chi connectivity index (χ0n) is 7.10. The molecule has 66 valence electrons. The predicted octanol–water partition coefficient (Wildman–Crippen LogP) is 2.72. The van der Waals surface area contributed by atoms with E-state index in [1.165, 1.54) is 6.92 Å². The average Bonchev–Trinajstić information content (AvgIpc) is 2.14. The highest BCUT2D eigenvalue weighted by molar-refractivity contribution is 6.20. The van der Waals surface area contributed by atoms with Gasteiger partial charge in [0.15, 0.2) is 11.2 Å².